The molecule has 0 saturated heterocycles. The van der Waals surface area contributed by atoms with E-state index in [-0.39, 0.29) is 22.8 Å². The minimum Gasteiger partial charge on any atom is -0.496 e. The topological polar surface area (TPSA) is 76.7 Å². The van der Waals surface area contributed by atoms with Gasteiger partial charge >= 0.3 is 5.97 Å². The molecule has 2 rings (SSSR count). The first-order chi connectivity index (χ1) is 10.1. The van der Waals surface area contributed by atoms with Crippen LogP contribution in [0.15, 0.2) is 41.0 Å². The Bertz CT molecular complexity index is 634. The van der Waals surface area contributed by atoms with Crippen molar-refractivity contribution in [3.05, 3.63) is 53.5 Å². The van der Waals surface area contributed by atoms with E-state index in [1.54, 1.807) is 18.4 Å². The first-order valence-corrected chi connectivity index (χ1v) is 7.32. The lowest BCUT2D eigenvalue weighted by molar-refractivity contribution is 0.0693. The molecule has 0 radical (unpaired) electrons. The number of carbonyl (C=O) groups excluding carboxylic acids is 1. The summed E-state index contributed by atoms with van der Waals surface area (Å²) in [7, 11) is 1.39. The number of ketones is 1. The zero-order chi connectivity index (χ0) is 15.2. The number of carboxylic acids is 1. The summed E-state index contributed by atoms with van der Waals surface area (Å²) in [6.07, 6.45) is 1.58. The van der Waals surface area contributed by atoms with E-state index < -0.39 is 5.97 Å². The van der Waals surface area contributed by atoms with E-state index >= 15 is 0 Å². The molecule has 1 N–H and O–H groups in total. The van der Waals surface area contributed by atoms with Crippen LogP contribution < -0.4 is 4.74 Å². The van der Waals surface area contributed by atoms with Crippen LogP contribution in [0.25, 0.3) is 0 Å². The molecule has 110 valence electrons. The predicted molar refractivity (Wildman–Crippen MR) is 79.2 cm³/mol. The van der Waals surface area contributed by atoms with Crippen molar-refractivity contribution in [1.29, 1.82) is 0 Å². The molecule has 1 heterocycles. The second-order valence-electron chi connectivity index (χ2n) is 4.22. The number of aromatic carboxylic acids is 1. The Hall–Kier alpha value is -2.21. The summed E-state index contributed by atoms with van der Waals surface area (Å²) in [6.45, 7) is 0. The Morgan fingerprint density at radius 1 is 1.33 bits per heavy atom. The molecule has 21 heavy (non-hydrogen) atoms. The van der Waals surface area contributed by atoms with E-state index in [4.69, 9.17) is 14.3 Å². The maximum Gasteiger partial charge on any atom is 0.339 e. The van der Waals surface area contributed by atoms with Crippen LogP contribution in [0, 0.1) is 0 Å². The first kappa shape index (κ1) is 15.2. The highest BCUT2D eigenvalue weighted by atomic mass is 32.2. The fourth-order valence-electron chi connectivity index (χ4n) is 1.77. The molecule has 0 aliphatic heterocycles. The third kappa shape index (κ3) is 3.88. The van der Waals surface area contributed by atoms with E-state index in [2.05, 4.69) is 0 Å². The van der Waals surface area contributed by atoms with Gasteiger partial charge in [-0.2, -0.15) is 0 Å². The van der Waals surface area contributed by atoms with Crippen LogP contribution in [0.2, 0.25) is 0 Å². The molecule has 0 bridgehead atoms. The predicted octanol–water partition coefficient (Wildman–Crippen LogP) is 3.10. The summed E-state index contributed by atoms with van der Waals surface area (Å²) < 4.78 is 10.1. The molecule has 1 aromatic carbocycles. The lowest BCUT2D eigenvalue weighted by atomic mass is 10.1. The molecule has 1 aromatic heterocycles. The number of hydrogen-bond acceptors (Lipinski definition) is 5. The fourth-order valence-corrected chi connectivity index (χ4v) is 2.59. The third-order valence-electron chi connectivity index (χ3n) is 2.81. The van der Waals surface area contributed by atoms with Gasteiger partial charge in [0.25, 0.3) is 0 Å². The molecule has 0 amide bonds. The van der Waals surface area contributed by atoms with Gasteiger partial charge in [0.1, 0.15) is 17.1 Å². The summed E-state index contributed by atoms with van der Waals surface area (Å²) in [5.41, 5.74) is 0.347. The van der Waals surface area contributed by atoms with E-state index in [9.17, 15) is 9.59 Å². The van der Waals surface area contributed by atoms with Gasteiger partial charge in [0.15, 0.2) is 5.78 Å². The average molecular weight is 306 g/mol. The molecular weight excluding hydrogens is 292 g/mol. The van der Waals surface area contributed by atoms with Crippen molar-refractivity contribution in [3.63, 3.8) is 0 Å². The number of hydrogen-bond donors (Lipinski definition) is 1. The zero-order valence-electron chi connectivity index (χ0n) is 11.4. The van der Waals surface area contributed by atoms with Gasteiger partial charge in [-0.25, -0.2) is 4.79 Å². The Morgan fingerprint density at radius 2 is 2.14 bits per heavy atom. The van der Waals surface area contributed by atoms with Gasteiger partial charge < -0.3 is 14.3 Å². The molecule has 0 fully saturated rings. The standard InChI is InChI=1S/C15H14O5S/c1-19-14-5-4-10(7-12(14)15(17)18)13(16)9-21-8-11-3-2-6-20-11/h2-7H,8-9H2,1H3,(H,17,18). The first-order valence-electron chi connectivity index (χ1n) is 6.16. The van der Waals surface area contributed by atoms with E-state index in [0.29, 0.717) is 11.3 Å². The Balaban J connectivity index is 2.01. The number of ether oxygens (including phenoxy) is 1. The molecule has 6 heteroatoms. The number of carboxylic acid groups (broad SMARTS) is 1. The largest absolute Gasteiger partial charge is 0.496 e. The van der Waals surface area contributed by atoms with E-state index in [0.717, 1.165) is 5.76 Å². The molecular formula is C15H14O5S. The zero-order valence-corrected chi connectivity index (χ0v) is 12.2. The van der Waals surface area contributed by atoms with Crippen LogP contribution in [0.5, 0.6) is 5.75 Å². The van der Waals surface area contributed by atoms with Crippen LogP contribution in [0.1, 0.15) is 26.5 Å². The highest BCUT2D eigenvalue weighted by molar-refractivity contribution is 7.99. The number of Topliss-reactive ketones (excluding diaryl/α,β-unsaturated/α-hetero) is 1. The summed E-state index contributed by atoms with van der Waals surface area (Å²) in [5.74, 6) is 0.643. The van der Waals surface area contributed by atoms with Gasteiger partial charge in [-0.3, -0.25) is 4.79 Å². The maximum absolute atomic E-state index is 12.1. The van der Waals surface area contributed by atoms with Gasteiger partial charge in [0.05, 0.1) is 24.9 Å². The van der Waals surface area contributed by atoms with Crippen molar-refractivity contribution < 1.29 is 23.8 Å². The van der Waals surface area contributed by atoms with Crippen molar-refractivity contribution in [2.75, 3.05) is 12.9 Å². The fraction of sp³-hybridized carbons (Fsp3) is 0.200. The Morgan fingerprint density at radius 3 is 2.76 bits per heavy atom. The summed E-state index contributed by atoms with van der Waals surface area (Å²) in [4.78, 5) is 23.2. The molecule has 0 atom stereocenters. The summed E-state index contributed by atoms with van der Waals surface area (Å²) in [6, 6.07) is 8.04. The number of thioether (sulfide) groups is 1. The number of methoxy groups -OCH3 is 1. The minimum atomic E-state index is -1.12. The van der Waals surface area contributed by atoms with Crippen molar-refractivity contribution in [3.8, 4) is 5.75 Å². The normalized spacial score (nSPS) is 10.3. The Kier molecular flexibility index (Phi) is 5.05. The molecule has 2 aromatic rings. The number of furan rings is 1. The molecule has 0 saturated carbocycles. The van der Waals surface area contributed by atoms with Gasteiger partial charge in [-0.15, -0.1) is 11.8 Å². The van der Waals surface area contributed by atoms with Crippen LogP contribution in [0.4, 0.5) is 0 Å². The van der Waals surface area contributed by atoms with Crippen LogP contribution >= 0.6 is 11.8 Å². The highest BCUT2D eigenvalue weighted by Crippen LogP contribution is 2.21. The third-order valence-corrected chi connectivity index (χ3v) is 3.76. The summed E-state index contributed by atoms with van der Waals surface area (Å²) >= 11 is 1.42. The molecule has 0 aliphatic rings. The van der Waals surface area contributed by atoms with E-state index in [1.165, 1.54) is 31.0 Å². The van der Waals surface area contributed by atoms with Crippen LogP contribution in [-0.4, -0.2) is 29.7 Å². The number of benzene rings is 1. The number of rotatable bonds is 7. The molecule has 0 spiro atoms. The lowest BCUT2D eigenvalue weighted by Crippen LogP contribution is -2.07. The van der Waals surface area contributed by atoms with Gasteiger partial charge in [0.2, 0.25) is 0 Å². The second kappa shape index (κ2) is 6.99. The average Bonchev–Trinajstić information content (AvgIpc) is 2.99. The van der Waals surface area contributed by atoms with Crippen LogP contribution in [-0.2, 0) is 5.75 Å². The van der Waals surface area contributed by atoms with Crippen LogP contribution in [0.3, 0.4) is 0 Å². The van der Waals surface area contributed by atoms with Crippen molar-refractivity contribution in [1.82, 2.24) is 0 Å². The van der Waals surface area contributed by atoms with Gasteiger partial charge in [-0.1, -0.05) is 0 Å². The highest BCUT2D eigenvalue weighted by Gasteiger charge is 2.15. The molecule has 0 aliphatic carbocycles. The number of carbonyl (C=O) groups is 2. The van der Waals surface area contributed by atoms with Crippen molar-refractivity contribution >= 4 is 23.5 Å². The maximum atomic E-state index is 12.1. The molecule has 5 nitrogen and oxygen atoms in total. The lowest BCUT2D eigenvalue weighted by Gasteiger charge is -2.07. The monoisotopic (exact) mass is 306 g/mol. The van der Waals surface area contributed by atoms with Gasteiger partial charge in [-0.05, 0) is 30.3 Å². The Labute approximate surface area is 125 Å². The minimum absolute atomic E-state index is 0.0145. The quantitative estimate of drug-likeness (QED) is 0.792. The van der Waals surface area contributed by atoms with E-state index in [1.807, 2.05) is 6.07 Å². The molecule has 0 unspecified atom stereocenters. The SMILES string of the molecule is COc1ccc(C(=O)CSCc2ccco2)cc1C(=O)O. The smallest absolute Gasteiger partial charge is 0.339 e. The van der Waals surface area contributed by atoms with Crippen molar-refractivity contribution in [2.24, 2.45) is 0 Å². The second-order valence-corrected chi connectivity index (χ2v) is 5.20. The summed E-state index contributed by atoms with van der Waals surface area (Å²) in [5, 5.41) is 9.10. The van der Waals surface area contributed by atoms with Crippen molar-refractivity contribution in [2.45, 2.75) is 5.75 Å². The van der Waals surface area contributed by atoms with Gasteiger partial charge in [0, 0.05) is 5.56 Å².